The van der Waals surface area contributed by atoms with Crippen LogP contribution in [0.5, 0.6) is 5.75 Å². The Balaban J connectivity index is 1.54. The van der Waals surface area contributed by atoms with Gasteiger partial charge in [-0.3, -0.25) is 9.52 Å². The van der Waals surface area contributed by atoms with Gasteiger partial charge in [-0.25, -0.2) is 8.42 Å². The molecule has 0 saturated carbocycles. The maximum atomic E-state index is 12.9. The lowest BCUT2D eigenvalue weighted by Crippen LogP contribution is -2.15. The summed E-state index contributed by atoms with van der Waals surface area (Å²) in [5.74, 6) is 0.112. The van der Waals surface area contributed by atoms with E-state index in [2.05, 4.69) is 10.0 Å². The average Bonchev–Trinajstić information content (AvgIpc) is 2.79. The molecule has 0 heterocycles. The van der Waals surface area contributed by atoms with Gasteiger partial charge in [-0.2, -0.15) is 0 Å². The predicted octanol–water partition coefficient (Wildman–Crippen LogP) is 4.90. The van der Waals surface area contributed by atoms with Gasteiger partial charge in [-0.05, 0) is 47.9 Å². The molecule has 1 amide bonds. The lowest BCUT2D eigenvalue weighted by atomic mass is 10.1. The predicted molar refractivity (Wildman–Crippen MR) is 122 cm³/mol. The number of methoxy groups -OCH3 is 1. The second kappa shape index (κ2) is 8.49. The van der Waals surface area contributed by atoms with Crippen molar-refractivity contribution in [1.29, 1.82) is 0 Å². The molecule has 7 heteroatoms. The SMILES string of the molecule is COc1ccccc1C(=O)Nc1ccc(S(=O)(=O)Nc2cccc3ccccc23)cc1. The van der Waals surface area contributed by atoms with Gasteiger partial charge < -0.3 is 10.1 Å². The second-order valence-electron chi connectivity index (χ2n) is 6.81. The molecule has 4 aromatic carbocycles. The Morgan fingerprint density at radius 1 is 0.806 bits per heavy atom. The zero-order valence-electron chi connectivity index (χ0n) is 16.7. The van der Waals surface area contributed by atoms with Crippen molar-refractivity contribution in [1.82, 2.24) is 0 Å². The molecule has 0 atom stereocenters. The van der Waals surface area contributed by atoms with E-state index in [9.17, 15) is 13.2 Å². The van der Waals surface area contributed by atoms with Crippen LogP contribution in [-0.4, -0.2) is 21.4 Å². The minimum atomic E-state index is -3.80. The molecule has 31 heavy (non-hydrogen) atoms. The normalized spacial score (nSPS) is 11.1. The third-order valence-corrected chi connectivity index (χ3v) is 6.19. The summed E-state index contributed by atoms with van der Waals surface area (Å²) in [6, 6.07) is 25.9. The van der Waals surface area contributed by atoms with Gasteiger partial charge in [0.05, 0.1) is 23.3 Å². The van der Waals surface area contributed by atoms with E-state index in [1.54, 1.807) is 48.5 Å². The number of carbonyl (C=O) groups is 1. The van der Waals surface area contributed by atoms with Crippen LogP contribution in [0.25, 0.3) is 10.8 Å². The molecule has 0 bridgehead atoms. The van der Waals surface area contributed by atoms with Crippen LogP contribution in [-0.2, 0) is 10.0 Å². The van der Waals surface area contributed by atoms with Crippen molar-refractivity contribution in [2.24, 2.45) is 0 Å². The topological polar surface area (TPSA) is 84.5 Å². The first-order valence-electron chi connectivity index (χ1n) is 9.53. The summed E-state index contributed by atoms with van der Waals surface area (Å²) < 4.78 is 33.6. The van der Waals surface area contributed by atoms with Crippen molar-refractivity contribution in [2.45, 2.75) is 4.90 Å². The van der Waals surface area contributed by atoms with Crippen LogP contribution in [0.4, 0.5) is 11.4 Å². The van der Waals surface area contributed by atoms with Crippen LogP contribution in [0.3, 0.4) is 0 Å². The van der Waals surface area contributed by atoms with Gasteiger partial charge in [0.1, 0.15) is 5.75 Å². The van der Waals surface area contributed by atoms with Gasteiger partial charge in [0.15, 0.2) is 0 Å². The molecule has 0 fully saturated rings. The number of carbonyl (C=O) groups excluding carboxylic acids is 1. The maximum absolute atomic E-state index is 12.9. The molecule has 156 valence electrons. The third-order valence-electron chi connectivity index (χ3n) is 4.81. The molecule has 0 aliphatic carbocycles. The van der Waals surface area contributed by atoms with Crippen LogP contribution >= 0.6 is 0 Å². The van der Waals surface area contributed by atoms with Crippen LogP contribution < -0.4 is 14.8 Å². The number of hydrogen-bond donors (Lipinski definition) is 2. The third kappa shape index (κ3) is 4.36. The van der Waals surface area contributed by atoms with E-state index >= 15 is 0 Å². The van der Waals surface area contributed by atoms with Gasteiger partial charge in [0.25, 0.3) is 15.9 Å². The molecule has 2 N–H and O–H groups in total. The molecule has 0 unspecified atom stereocenters. The van der Waals surface area contributed by atoms with Crippen molar-refractivity contribution >= 4 is 38.1 Å². The molecular formula is C24H20N2O4S. The summed E-state index contributed by atoms with van der Waals surface area (Å²) in [5, 5.41) is 4.51. The highest BCUT2D eigenvalue weighted by atomic mass is 32.2. The summed E-state index contributed by atoms with van der Waals surface area (Å²) in [7, 11) is -2.30. The summed E-state index contributed by atoms with van der Waals surface area (Å²) in [4.78, 5) is 12.6. The van der Waals surface area contributed by atoms with Gasteiger partial charge in [-0.15, -0.1) is 0 Å². The van der Waals surface area contributed by atoms with Crippen LogP contribution in [0.1, 0.15) is 10.4 Å². The fourth-order valence-corrected chi connectivity index (χ4v) is 4.35. The van der Waals surface area contributed by atoms with E-state index in [4.69, 9.17) is 4.74 Å². The molecular weight excluding hydrogens is 412 g/mol. The van der Waals surface area contributed by atoms with Gasteiger partial charge in [0, 0.05) is 11.1 Å². The second-order valence-corrected chi connectivity index (χ2v) is 8.49. The lowest BCUT2D eigenvalue weighted by molar-refractivity contribution is 0.102. The highest BCUT2D eigenvalue weighted by Gasteiger charge is 2.16. The molecule has 0 spiro atoms. The minimum absolute atomic E-state index is 0.0933. The summed E-state index contributed by atoms with van der Waals surface area (Å²) >= 11 is 0. The first-order valence-corrected chi connectivity index (χ1v) is 11.0. The van der Waals surface area contributed by atoms with E-state index < -0.39 is 10.0 Å². The van der Waals surface area contributed by atoms with E-state index in [1.807, 2.05) is 30.3 Å². The first-order chi connectivity index (χ1) is 15.0. The number of para-hydroxylation sites is 1. The standard InChI is InChI=1S/C24H20N2O4S/c1-30-23-12-5-4-10-21(23)24(27)25-18-13-15-19(16-14-18)31(28,29)26-22-11-6-8-17-7-2-3-9-20(17)22/h2-16,26H,1H3,(H,25,27). The Bertz CT molecular complexity index is 1340. The van der Waals surface area contributed by atoms with Crippen LogP contribution in [0, 0.1) is 0 Å². The smallest absolute Gasteiger partial charge is 0.261 e. The molecule has 0 radical (unpaired) electrons. The molecule has 0 saturated heterocycles. The Kier molecular flexibility index (Phi) is 5.60. The lowest BCUT2D eigenvalue weighted by Gasteiger charge is -2.12. The molecule has 0 aliphatic heterocycles. The van der Waals surface area contributed by atoms with E-state index in [1.165, 1.54) is 19.2 Å². The zero-order valence-corrected chi connectivity index (χ0v) is 17.5. The van der Waals surface area contributed by atoms with Crippen molar-refractivity contribution in [3.63, 3.8) is 0 Å². The number of hydrogen-bond acceptors (Lipinski definition) is 4. The van der Waals surface area contributed by atoms with Crippen molar-refractivity contribution < 1.29 is 17.9 Å². The van der Waals surface area contributed by atoms with Gasteiger partial charge in [0.2, 0.25) is 0 Å². The number of anilines is 2. The Labute approximate surface area is 180 Å². The number of fused-ring (bicyclic) bond motifs is 1. The summed E-state index contributed by atoms with van der Waals surface area (Å²) in [6.07, 6.45) is 0. The average molecular weight is 433 g/mol. The van der Waals surface area contributed by atoms with Crippen LogP contribution in [0.15, 0.2) is 95.9 Å². The van der Waals surface area contributed by atoms with Gasteiger partial charge >= 0.3 is 0 Å². The number of nitrogens with one attached hydrogen (secondary N) is 2. The number of sulfonamides is 1. The zero-order chi connectivity index (χ0) is 21.8. The van der Waals surface area contributed by atoms with Crippen molar-refractivity contribution in [3.05, 3.63) is 96.6 Å². The highest BCUT2D eigenvalue weighted by molar-refractivity contribution is 7.92. The largest absolute Gasteiger partial charge is 0.496 e. The van der Waals surface area contributed by atoms with Crippen molar-refractivity contribution in [2.75, 3.05) is 17.1 Å². The van der Waals surface area contributed by atoms with Crippen LogP contribution in [0.2, 0.25) is 0 Å². The summed E-state index contributed by atoms with van der Waals surface area (Å²) in [5.41, 5.74) is 1.37. The first kappa shape index (κ1) is 20.4. The van der Waals surface area contributed by atoms with E-state index in [0.717, 1.165) is 10.8 Å². The molecule has 0 aromatic heterocycles. The number of amides is 1. The molecule has 4 aromatic rings. The monoisotopic (exact) mass is 432 g/mol. The fourth-order valence-electron chi connectivity index (χ4n) is 3.27. The quantitative estimate of drug-likeness (QED) is 0.454. The Morgan fingerprint density at radius 2 is 1.48 bits per heavy atom. The number of benzene rings is 4. The Morgan fingerprint density at radius 3 is 2.26 bits per heavy atom. The van der Waals surface area contributed by atoms with E-state index in [-0.39, 0.29) is 10.8 Å². The Hall–Kier alpha value is -3.84. The highest BCUT2D eigenvalue weighted by Crippen LogP contribution is 2.26. The van der Waals surface area contributed by atoms with Gasteiger partial charge in [-0.1, -0.05) is 48.5 Å². The van der Waals surface area contributed by atoms with Crippen molar-refractivity contribution in [3.8, 4) is 5.75 Å². The van der Waals surface area contributed by atoms with E-state index in [0.29, 0.717) is 22.7 Å². The molecule has 6 nitrogen and oxygen atoms in total. The fraction of sp³-hybridized carbons (Fsp3) is 0.0417. The maximum Gasteiger partial charge on any atom is 0.261 e. The number of ether oxygens (including phenoxy) is 1. The minimum Gasteiger partial charge on any atom is -0.496 e. The molecule has 0 aliphatic rings. The summed E-state index contributed by atoms with van der Waals surface area (Å²) in [6.45, 7) is 0. The molecule has 4 rings (SSSR count). The number of rotatable bonds is 6.